The molecule has 1 amide bonds. The molecule has 2 saturated heterocycles. The lowest BCUT2D eigenvalue weighted by atomic mass is 9.67. The van der Waals surface area contributed by atoms with Gasteiger partial charge < -0.3 is 10.2 Å². The minimum Gasteiger partial charge on any atom is -0.340 e. The van der Waals surface area contributed by atoms with Crippen LogP contribution in [0.5, 0.6) is 0 Å². The molecule has 0 spiro atoms. The quantitative estimate of drug-likeness (QED) is 0.828. The average molecular weight is 279 g/mol. The SMILES string of the molecule is CC(C)N1CCN(C(=O)[C@@]23CCCC[C@H]2CNC3)CC1. The van der Waals surface area contributed by atoms with Crippen molar-refractivity contribution in [3.05, 3.63) is 0 Å². The van der Waals surface area contributed by atoms with E-state index in [0.717, 1.165) is 45.7 Å². The Morgan fingerprint density at radius 1 is 1.20 bits per heavy atom. The minimum atomic E-state index is -0.0573. The van der Waals surface area contributed by atoms with Crippen LogP contribution in [0.3, 0.4) is 0 Å². The molecule has 0 radical (unpaired) electrons. The fraction of sp³-hybridized carbons (Fsp3) is 0.938. The normalized spacial score (nSPS) is 35.4. The van der Waals surface area contributed by atoms with Gasteiger partial charge in [0.15, 0.2) is 0 Å². The first-order valence-electron chi connectivity index (χ1n) is 8.37. The lowest BCUT2D eigenvalue weighted by Crippen LogP contribution is -2.56. The van der Waals surface area contributed by atoms with Gasteiger partial charge in [0, 0.05) is 38.8 Å². The third kappa shape index (κ3) is 2.37. The van der Waals surface area contributed by atoms with E-state index in [1.807, 2.05) is 0 Å². The Labute approximate surface area is 122 Å². The van der Waals surface area contributed by atoms with Crippen molar-refractivity contribution in [3.63, 3.8) is 0 Å². The summed E-state index contributed by atoms with van der Waals surface area (Å²) in [6, 6.07) is 0.598. The second kappa shape index (κ2) is 5.64. The summed E-state index contributed by atoms with van der Waals surface area (Å²) in [6.45, 7) is 10.4. The lowest BCUT2D eigenvalue weighted by molar-refractivity contribution is -0.147. The molecule has 20 heavy (non-hydrogen) atoms. The zero-order valence-electron chi connectivity index (χ0n) is 13.0. The average Bonchev–Trinajstić information content (AvgIpc) is 2.91. The molecule has 2 atom stereocenters. The van der Waals surface area contributed by atoms with E-state index in [4.69, 9.17) is 0 Å². The van der Waals surface area contributed by atoms with Crippen LogP contribution in [0.25, 0.3) is 0 Å². The maximum Gasteiger partial charge on any atom is 0.230 e. The minimum absolute atomic E-state index is 0.0573. The Morgan fingerprint density at radius 3 is 2.65 bits per heavy atom. The van der Waals surface area contributed by atoms with E-state index in [-0.39, 0.29) is 5.41 Å². The summed E-state index contributed by atoms with van der Waals surface area (Å²) in [5, 5.41) is 3.49. The zero-order valence-corrected chi connectivity index (χ0v) is 13.0. The molecule has 1 aliphatic carbocycles. The summed E-state index contributed by atoms with van der Waals surface area (Å²) >= 11 is 0. The lowest BCUT2D eigenvalue weighted by Gasteiger charge is -2.44. The predicted octanol–water partition coefficient (Wildman–Crippen LogP) is 1.32. The highest BCUT2D eigenvalue weighted by Gasteiger charge is 2.51. The number of carbonyl (C=O) groups excluding carboxylic acids is 1. The third-order valence-electron chi connectivity index (χ3n) is 5.80. The van der Waals surface area contributed by atoms with Crippen LogP contribution in [0.15, 0.2) is 0 Å². The predicted molar refractivity (Wildman–Crippen MR) is 80.5 cm³/mol. The van der Waals surface area contributed by atoms with Crippen molar-refractivity contribution in [3.8, 4) is 0 Å². The van der Waals surface area contributed by atoms with Gasteiger partial charge in [-0.15, -0.1) is 0 Å². The Hall–Kier alpha value is -0.610. The molecule has 114 valence electrons. The van der Waals surface area contributed by atoms with E-state index in [0.29, 0.717) is 17.9 Å². The highest BCUT2D eigenvalue weighted by atomic mass is 16.2. The van der Waals surface area contributed by atoms with Crippen molar-refractivity contribution in [2.75, 3.05) is 39.3 Å². The molecular formula is C16H29N3O. The van der Waals surface area contributed by atoms with E-state index in [1.54, 1.807) is 0 Å². The van der Waals surface area contributed by atoms with Gasteiger partial charge in [0.1, 0.15) is 0 Å². The van der Waals surface area contributed by atoms with E-state index in [9.17, 15) is 4.79 Å². The number of hydrogen-bond acceptors (Lipinski definition) is 3. The van der Waals surface area contributed by atoms with Crippen molar-refractivity contribution in [1.82, 2.24) is 15.1 Å². The summed E-state index contributed by atoms with van der Waals surface area (Å²) in [4.78, 5) is 17.7. The second-order valence-electron chi connectivity index (χ2n) is 7.15. The number of amides is 1. The smallest absolute Gasteiger partial charge is 0.230 e. The fourth-order valence-corrected chi connectivity index (χ4v) is 4.42. The van der Waals surface area contributed by atoms with E-state index in [2.05, 4.69) is 29.0 Å². The molecule has 1 N–H and O–H groups in total. The van der Waals surface area contributed by atoms with Crippen LogP contribution in [-0.4, -0.2) is 61.0 Å². The summed E-state index contributed by atoms with van der Waals surface area (Å²) in [7, 11) is 0. The molecule has 4 heteroatoms. The molecule has 0 bridgehead atoms. The molecular weight excluding hydrogens is 250 g/mol. The Kier molecular flexibility index (Phi) is 4.04. The van der Waals surface area contributed by atoms with Crippen molar-refractivity contribution in [2.45, 2.75) is 45.6 Å². The molecule has 0 aromatic heterocycles. The number of piperazine rings is 1. The number of carbonyl (C=O) groups is 1. The van der Waals surface area contributed by atoms with Crippen LogP contribution in [0.1, 0.15) is 39.5 Å². The highest BCUT2D eigenvalue weighted by molar-refractivity contribution is 5.84. The molecule has 4 nitrogen and oxygen atoms in total. The topological polar surface area (TPSA) is 35.6 Å². The van der Waals surface area contributed by atoms with Crippen molar-refractivity contribution >= 4 is 5.91 Å². The van der Waals surface area contributed by atoms with Crippen molar-refractivity contribution in [2.24, 2.45) is 11.3 Å². The molecule has 0 unspecified atom stereocenters. The third-order valence-corrected chi connectivity index (χ3v) is 5.80. The van der Waals surface area contributed by atoms with Crippen LogP contribution >= 0.6 is 0 Å². The van der Waals surface area contributed by atoms with Gasteiger partial charge in [0.2, 0.25) is 5.91 Å². The van der Waals surface area contributed by atoms with Crippen molar-refractivity contribution in [1.29, 1.82) is 0 Å². The first kappa shape index (κ1) is 14.3. The van der Waals surface area contributed by atoms with Gasteiger partial charge in [-0.05, 0) is 39.2 Å². The van der Waals surface area contributed by atoms with E-state index >= 15 is 0 Å². The number of rotatable bonds is 2. The molecule has 3 rings (SSSR count). The highest BCUT2D eigenvalue weighted by Crippen LogP contribution is 2.45. The van der Waals surface area contributed by atoms with Crippen LogP contribution in [0.2, 0.25) is 0 Å². The summed E-state index contributed by atoms with van der Waals surface area (Å²) < 4.78 is 0. The van der Waals surface area contributed by atoms with Gasteiger partial charge in [-0.1, -0.05) is 12.8 Å². The molecule has 2 aliphatic heterocycles. The fourth-order valence-electron chi connectivity index (χ4n) is 4.42. The van der Waals surface area contributed by atoms with Gasteiger partial charge in [0.25, 0.3) is 0 Å². The zero-order chi connectivity index (χ0) is 14.2. The Bertz CT molecular complexity index is 363. The van der Waals surface area contributed by atoms with Gasteiger partial charge in [-0.2, -0.15) is 0 Å². The number of fused-ring (bicyclic) bond motifs is 1. The van der Waals surface area contributed by atoms with Crippen LogP contribution in [0, 0.1) is 11.3 Å². The molecule has 1 saturated carbocycles. The van der Waals surface area contributed by atoms with Crippen LogP contribution in [0.4, 0.5) is 0 Å². The maximum absolute atomic E-state index is 13.1. The second-order valence-corrected chi connectivity index (χ2v) is 7.15. The molecule has 2 heterocycles. The first-order valence-corrected chi connectivity index (χ1v) is 8.37. The number of nitrogens with one attached hydrogen (secondary N) is 1. The Morgan fingerprint density at radius 2 is 1.95 bits per heavy atom. The number of hydrogen-bond donors (Lipinski definition) is 1. The molecule has 3 fully saturated rings. The van der Waals surface area contributed by atoms with E-state index in [1.165, 1.54) is 19.3 Å². The standard InChI is InChI=1S/C16H29N3O/c1-13(2)18-7-9-19(10-8-18)15(20)16-6-4-3-5-14(16)11-17-12-16/h13-14,17H,3-12H2,1-2H3/t14-,16+/m0/s1. The molecule has 0 aromatic rings. The Balaban J connectivity index is 1.67. The van der Waals surface area contributed by atoms with Crippen LogP contribution in [-0.2, 0) is 4.79 Å². The summed E-state index contributed by atoms with van der Waals surface area (Å²) in [5.41, 5.74) is -0.0573. The molecule has 3 aliphatic rings. The number of nitrogens with zero attached hydrogens (tertiary/aromatic N) is 2. The van der Waals surface area contributed by atoms with Crippen LogP contribution < -0.4 is 5.32 Å². The summed E-state index contributed by atoms with van der Waals surface area (Å²) in [6.07, 6.45) is 4.89. The first-order chi connectivity index (χ1) is 9.63. The molecule has 0 aromatic carbocycles. The largest absolute Gasteiger partial charge is 0.340 e. The van der Waals surface area contributed by atoms with Crippen molar-refractivity contribution < 1.29 is 4.79 Å². The van der Waals surface area contributed by atoms with Gasteiger partial charge in [0.05, 0.1) is 5.41 Å². The summed E-state index contributed by atoms with van der Waals surface area (Å²) in [5.74, 6) is 1.04. The van der Waals surface area contributed by atoms with E-state index < -0.39 is 0 Å². The maximum atomic E-state index is 13.1. The monoisotopic (exact) mass is 279 g/mol. The van der Waals surface area contributed by atoms with Gasteiger partial charge >= 0.3 is 0 Å². The van der Waals surface area contributed by atoms with Gasteiger partial charge in [-0.3, -0.25) is 9.69 Å². The van der Waals surface area contributed by atoms with Gasteiger partial charge in [-0.25, -0.2) is 0 Å².